The van der Waals surface area contributed by atoms with Crippen LogP contribution in [0.4, 0.5) is 13.2 Å². The fraction of sp³-hybridized carbons (Fsp3) is 0.462. The predicted octanol–water partition coefficient (Wildman–Crippen LogP) is 3.94. The highest BCUT2D eigenvalue weighted by Crippen LogP contribution is 2.36. The Hall–Kier alpha value is -1.52. The molecule has 0 unspecified atom stereocenters. The molecular formula is C13H15F3O2. The van der Waals surface area contributed by atoms with Crippen LogP contribution in [0.25, 0.3) is 0 Å². The molecule has 0 saturated carbocycles. The third-order valence-corrected chi connectivity index (χ3v) is 2.40. The van der Waals surface area contributed by atoms with Gasteiger partial charge in [0, 0.05) is 5.56 Å². The van der Waals surface area contributed by atoms with E-state index in [2.05, 4.69) is 0 Å². The molecule has 5 heteroatoms. The molecule has 1 aromatic rings. The van der Waals surface area contributed by atoms with Gasteiger partial charge in [-0.25, -0.2) is 0 Å². The van der Waals surface area contributed by atoms with Gasteiger partial charge in [-0.3, -0.25) is 4.79 Å². The number of benzene rings is 1. The van der Waals surface area contributed by atoms with Crippen LogP contribution < -0.4 is 4.74 Å². The van der Waals surface area contributed by atoms with Crippen molar-refractivity contribution in [1.29, 1.82) is 0 Å². The Labute approximate surface area is 104 Å². The van der Waals surface area contributed by atoms with Crippen LogP contribution >= 0.6 is 0 Å². The van der Waals surface area contributed by atoms with Gasteiger partial charge in [0.05, 0.1) is 12.2 Å². The second kappa shape index (κ2) is 5.89. The normalized spacial score (nSPS) is 11.7. The van der Waals surface area contributed by atoms with E-state index in [1.807, 2.05) is 13.8 Å². The van der Waals surface area contributed by atoms with Crippen LogP contribution in [-0.2, 0) is 6.18 Å². The monoisotopic (exact) mass is 260 g/mol. The van der Waals surface area contributed by atoms with Gasteiger partial charge in [-0.05, 0) is 30.5 Å². The summed E-state index contributed by atoms with van der Waals surface area (Å²) in [5, 5.41) is 0. The van der Waals surface area contributed by atoms with Crippen LogP contribution in [0.3, 0.4) is 0 Å². The minimum absolute atomic E-state index is 0.0152. The van der Waals surface area contributed by atoms with Crippen molar-refractivity contribution in [2.75, 3.05) is 6.61 Å². The van der Waals surface area contributed by atoms with Crippen molar-refractivity contribution in [3.05, 3.63) is 29.3 Å². The molecule has 18 heavy (non-hydrogen) atoms. The number of carbonyl (C=O) groups excluding carboxylic acids is 1. The van der Waals surface area contributed by atoms with Gasteiger partial charge >= 0.3 is 6.18 Å². The smallest absolute Gasteiger partial charge is 0.419 e. The van der Waals surface area contributed by atoms with Gasteiger partial charge in [-0.15, -0.1) is 0 Å². The zero-order chi connectivity index (χ0) is 13.8. The number of hydrogen-bond acceptors (Lipinski definition) is 2. The van der Waals surface area contributed by atoms with Crippen molar-refractivity contribution in [3.63, 3.8) is 0 Å². The van der Waals surface area contributed by atoms with Gasteiger partial charge in [-0.2, -0.15) is 13.2 Å². The second-order valence-electron chi connectivity index (χ2n) is 4.40. The molecule has 0 aliphatic rings. The number of aldehydes is 1. The maximum Gasteiger partial charge on any atom is 0.419 e. The number of rotatable bonds is 5. The number of hydrogen-bond donors (Lipinski definition) is 0. The van der Waals surface area contributed by atoms with Crippen molar-refractivity contribution in [1.82, 2.24) is 0 Å². The summed E-state index contributed by atoms with van der Waals surface area (Å²) in [5.41, 5.74) is -0.922. The molecule has 0 N–H and O–H groups in total. The average Bonchev–Trinajstić information content (AvgIpc) is 2.27. The van der Waals surface area contributed by atoms with Gasteiger partial charge in [0.15, 0.2) is 0 Å². The summed E-state index contributed by atoms with van der Waals surface area (Å²) in [4.78, 5) is 10.5. The predicted molar refractivity (Wildman–Crippen MR) is 61.8 cm³/mol. The third-order valence-electron chi connectivity index (χ3n) is 2.40. The van der Waals surface area contributed by atoms with E-state index in [0.717, 1.165) is 6.07 Å². The van der Waals surface area contributed by atoms with Crippen LogP contribution in [0, 0.1) is 5.92 Å². The molecule has 0 radical (unpaired) electrons. The first-order valence-corrected chi connectivity index (χ1v) is 5.64. The molecule has 1 aromatic carbocycles. The number of ether oxygens (including phenoxy) is 1. The average molecular weight is 260 g/mol. The molecule has 0 heterocycles. The summed E-state index contributed by atoms with van der Waals surface area (Å²) >= 11 is 0. The molecule has 2 nitrogen and oxygen atoms in total. The number of carbonyl (C=O) groups is 1. The summed E-state index contributed by atoms with van der Waals surface area (Å²) in [6, 6.07) is 3.30. The largest absolute Gasteiger partial charge is 0.493 e. The number of alkyl halides is 3. The van der Waals surface area contributed by atoms with Crippen molar-refractivity contribution < 1.29 is 22.7 Å². The molecule has 1 rings (SSSR count). The lowest BCUT2D eigenvalue weighted by Gasteiger charge is -2.15. The summed E-state index contributed by atoms with van der Waals surface area (Å²) < 4.78 is 43.4. The van der Waals surface area contributed by atoms with Crippen molar-refractivity contribution in [2.24, 2.45) is 5.92 Å². The molecule has 0 amide bonds. The lowest BCUT2D eigenvalue weighted by Crippen LogP contribution is -2.11. The third kappa shape index (κ3) is 4.05. The minimum Gasteiger partial charge on any atom is -0.493 e. The first-order chi connectivity index (χ1) is 8.34. The summed E-state index contributed by atoms with van der Waals surface area (Å²) in [6.07, 6.45) is -3.47. The first-order valence-electron chi connectivity index (χ1n) is 5.64. The van der Waals surface area contributed by atoms with Crippen molar-refractivity contribution in [3.8, 4) is 5.75 Å². The topological polar surface area (TPSA) is 26.3 Å². The highest BCUT2D eigenvalue weighted by atomic mass is 19.4. The lowest BCUT2D eigenvalue weighted by molar-refractivity contribution is -0.139. The molecule has 0 saturated heterocycles. The molecule has 0 atom stereocenters. The van der Waals surface area contributed by atoms with Crippen molar-refractivity contribution in [2.45, 2.75) is 26.4 Å². The Morgan fingerprint density at radius 3 is 2.50 bits per heavy atom. The van der Waals surface area contributed by atoms with E-state index in [1.165, 1.54) is 12.1 Å². The molecule has 0 aromatic heterocycles. The number of halogens is 3. The molecule has 0 spiro atoms. The highest BCUT2D eigenvalue weighted by molar-refractivity contribution is 5.75. The Balaban J connectivity index is 2.92. The summed E-state index contributed by atoms with van der Waals surface area (Å²) in [6.45, 7) is 4.15. The standard InChI is InChI=1S/C13H15F3O2/c1-9(2)5-6-18-12-4-3-10(8-17)7-11(12)13(14,15)16/h3-4,7-9H,5-6H2,1-2H3. The summed E-state index contributed by atoms with van der Waals surface area (Å²) in [7, 11) is 0. The SMILES string of the molecule is CC(C)CCOc1ccc(C=O)cc1C(F)(F)F. The van der Waals surface area contributed by atoms with Crippen LogP contribution in [0.1, 0.15) is 36.2 Å². The Kier molecular flexibility index (Phi) is 4.76. The van der Waals surface area contributed by atoms with E-state index in [4.69, 9.17) is 4.74 Å². The Morgan fingerprint density at radius 2 is 2.00 bits per heavy atom. The van der Waals surface area contributed by atoms with Gasteiger partial charge in [0.2, 0.25) is 0 Å². The van der Waals surface area contributed by atoms with Gasteiger partial charge < -0.3 is 4.74 Å². The molecule has 0 fully saturated rings. The van der Waals surface area contributed by atoms with E-state index in [1.54, 1.807) is 0 Å². The first kappa shape index (κ1) is 14.5. The fourth-order valence-electron chi connectivity index (χ4n) is 1.37. The van der Waals surface area contributed by atoms with E-state index in [0.29, 0.717) is 18.6 Å². The molecule has 0 aliphatic carbocycles. The van der Waals surface area contributed by atoms with E-state index >= 15 is 0 Å². The van der Waals surface area contributed by atoms with Crippen LogP contribution in [0.15, 0.2) is 18.2 Å². The Bertz CT molecular complexity index is 411. The molecule has 0 aliphatic heterocycles. The quantitative estimate of drug-likeness (QED) is 0.749. The zero-order valence-electron chi connectivity index (χ0n) is 10.3. The van der Waals surface area contributed by atoms with Gasteiger partial charge in [0.25, 0.3) is 0 Å². The Morgan fingerprint density at radius 1 is 1.33 bits per heavy atom. The molecular weight excluding hydrogens is 245 g/mol. The van der Waals surface area contributed by atoms with E-state index < -0.39 is 11.7 Å². The maximum absolute atomic E-state index is 12.8. The second-order valence-corrected chi connectivity index (χ2v) is 4.40. The highest BCUT2D eigenvalue weighted by Gasteiger charge is 2.34. The lowest BCUT2D eigenvalue weighted by atomic mass is 10.1. The van der Waals surface area contributed by atoms with Crippen molar-refractivity contribution >= 4 is 6.29 Å². The van der Waals surface area contributed by atoms with E-state index in [9.17, 15) is 18.0 Å². The molecule has 100 valence electrons. The van der Waals surface area contributed by atoms with Crippen LogP contribution in [-0.4, -0.2) is 12.9 Å². The van der Waals surface area contributed by atoms with Gasteiger partial charge in [0.1, 0.15) is 12.0 Å². The summed E-state index contributed by atoms with van der Waals surface area (Å²) in [5.74, 6) is 0.127. The van der Waals surface area contributed by atoms with Crippen LogP contribution in [0.2, 0.25) is 0 Å². The van der Waals surface area contributed by atoms with Gasteiger partial charge in [-0.1, -0.05) is 13.8 Å². The van der Waals surface area contributed by atoms with Crippen LogP contribution in [0.5, 0.6) is 5.75 Å². The zero-order valence-corrected chi connectivity index (χ0v) is 10.3. The molecule has 0 bridgehead atoms. The fourth-order valence-corrected chi connectivity index (χ4v) is 1.37. The minimum atomic E-state index is -4.52. The van der Waals surface area contributed by atoms with E-state index in [-0.39, 0.29) is 17.9 Å². The maximum atomic E-state index is 12.8.